The van der Waals surface area contributed by atoms with E-state index in [1.165, 1.54) is 11.8 Å². The lowest BCUT2D eigenvalue weighted by molar-refractivity contribution is 0.414. The van der Waals surface area contributed by atoms with Crippen LogP contribution in [0.25, 0.3) is 22.5 Å². The molecule has 0 aliphatic heterocycles. The maximum absolute atomic E-state index is 5.74. The highest BCUT2D eigenvalue weighted by molar-refractivity contribution is 7.99. The highest BCUT2D eigenvalue weighted by Crippen LogP contribution is 2.30. The first kappa shape index (κ1) is 13.9. The summed E-state index contributed by atoms with van der Waals surface area (Å²) in [5.74, 6) is 1.30. The van der Waals surface area contributed by atoms with E-state index in [-0.39, 0.29) is 0 Å². The number of rotatable bonds is 4. The second kappa shape index (κ2) is 5.81. The van der Waals surface area contributed by atoms with E-state index < -0.39 is 0 Å². The van der Waals surface area contributed by atoms with Crippen molar-refractivity contribution in [2.75, 3.05) is 7.11 Å². The summed E-state index contributed by atoms with van der Waals surface area (Å²) in [6.07, 6.45) is 0. The van der Waals surface area contributed by atoms with Gasteiger partial charge in [0.05, 0.1) is 7.11 Å². The molecule has 0 spiro atoms. The van der Waals surface area contributed by atoms with E-state index in [9.17, 15) is 0 Å². The number of hydrogen-bond donors (Lipinski definition) is 1. The average molecular weight is 323 g/mol. The van der Waals surface area contributed by atoms with Gasteiger partial charge in [0, 0.05) is 15.8 Å². The fourth-order valence-electron chi connectivity index (χ4n) is 2.29. The first-order chi connectivity index (χ1) is 11.3. The average Bonchev–Trinajstić information content (AvgIpc) is 3.21. The van der Waals surface area contributed by atoms with Gasteiger partial charge in [0.15, 0.2) is 0 Å². The van der Waals surface area contributed by atoms with E-state index >= 15 is 0 Å². The summed E-state index contributed by atoms with van der Waals surface area (Å²) in [6.45, 7) is 0. The van der Waals surface area contributed by atoms with E-state index in [1.54, 1.807) is 7.11 Å². The Morgan fingerprint density at radius 3 is 2.65 bits per heavy atom. The van der Waals surface area contributed by atoms with Gasteiger partial charge in [0.25, 0.3) is 11.1 Å². The Labute approximate surface area is 136 Å². The van der Waals surface area contributed by atoms with Crippen LogP contribution in [0, 0.1) is 0 Å². The fourth-order valence-corrected chi connectivity index (χ4v) is 2.97. The number of methoxy groups -OCH3 is 1. The van der Waals surface area contributed by atoms with Crippen molar-refractivity contribution in [1.82, 2.24) is 15.2 Å². The van der Waals surface area contributed by atoms with Crippen LogP contribution < -0.4 is 4.74 Å². The molecule has 4 aromatic rings. The molecule has 0 aliphatic carbocycles. The smallest absolute Gasteiger partial charge is 0.281 e. The third-order valence-corrected chi connectivity index (χ3v) is 4.28. The van der Waals surface area contributed by atoms with Gasteiger partial charge in [-0.2, -0.15) is 0 Å². The largest absolute Gasteiger partial charge is 0.497 e. The highest BCUT2D eigenvalue weighted by Gasteiger charge is 2.12. The molecule has 1 N–H and O–H groups in total. The third-order valence-electron chi connectivity index (χ3n) is 3.43. The Hall–Kier alpha value is -2.73. The summed E-state index contributed by atoms with van der Waals surface area (Å²) in [5, 5.41) is 9.83. The number of H-pyrrole nitrogens is 1. The van der Waals surface area contributed by atoms with E-state index in [4.69, 9.17) is 9.15 Å². The van der Waals surface area contributed by atoms with E-state index in [1.807, 2.05) is 54.6 Å². The van der Waals surface area contributed by atoms with Crippen LogP contribution in [0.5, 0.6) is 5.75 Å². The number of benzene rings is 2. The summed E-state index contributed by atoms with van der Waals surface area (Å²) in [4.78, 5) is 4.29. The monoisotopic (exact) mass is 323 g/mol. The Bertz CT molecular complexity index is 911. The molecule has 0 atom stereocenters. The van der Waals surface area contributed by atoms with Crippen LogP contribution in [0.3, 0.4) is 0 Å². The number of para-hydroxylation sites is 1. The van der Waals surface area contributed by atoms with Crippen molar-refractivity contribution in [3.05, 3.63) is 54.6 Å². The number of nitrogens with one attached hydrogen (secondary N) is 1. The zero-order chi connectivity index (χ0) is 15.6. The first-order valence-electron chi connectivity index (χ1n) is 7.05. The van der Waals surface area contributed by atoms with Gasteiger partial charge in [-0.1, -0.05) is 18.2 Å². The number of aromatic nitrogens is 3. The molecule has 2 aromatic carbocycles. The molecule has 4 rings (SSSR count). The van der Waals surface area contributed by atoms with Crippen LogP contribution in [0.4, 0.5) is 0 Å². The normalized spacial score (nSPS) is 11.0. The molecule has 2 heterocycles. The molecular formula is C17H13N3O2S. The van der Waals surface area contributed by atoms with Crippen molar-refractivity contribution in [3.63, 3.8) is 0 Å². The molecule has 0 amide bonds. The van der Waals surface area contributed by atoms with Crippen LogP contribution in [0.1, 0.15) is 0 Å². The standard InChI is InChI=1S/C17H13N3O2S/c1-21-12-6-8-13(9-7-12)23-17-20-19-16(22-17)15-10-11-4-2-3-5-14(11)18-15/h2-10,18H,1H3. The van der Waals surface area contributed by atoms with Crippen LogP contribution in [-0.2, 0) is 0 Å². The van der Waals surface area contributed by atoms with Gasteiger partial charge in [-0.15, -0.1) is 10.2 Å². The molecule has 0 aliphatic rings. The summed E-state index contributed by atoms with van der Waals surface area (Å²) >= 11 is 1.42. The molecule has 114 valence electrons. The Morgan fingerprint density at radius 2 is 1.87 bits per heavy atom. The molecule has 0 fully saturated rings. The third kappa shape index (κ3) is 2.80. The maximum atomic E-state index is 5.74. The minimum Gasteiger partial charge on any atom is -0.497 e. The van der Waals surface area contributed by atoms with Crippen molar-refractivity contribution in [3.8, 4) is 17.3 Å². The lowest BCUT2D eigenvalue weighted by Gasteiger charge is -2.00. The number of aromatic amines is 1. The number of ether oxygens (including phenoxy) is 1. The molecule has 23 heavy (non-hydrogen) atoms. The minimum absolute atomic E-state index is 0.484. The van der Waals surface area contributed by atoms with Gasteiger partial charge < -0.3 is 14.1 Å². The Balaban J connectivity index is 1.58. The van der Waals surface area contributed by atoms with Gasteiger partial charge >= 0.3 is 0 Å². The zero-order valence-electron chi connectivity index (χ0n) is 12.3. The molecule has 0 saturated heterocycles. The molecule has 2 aromatic heterocycles. The summed E-state index contributed by atoms with van der Waals surface area (Å²) < 4.78 is 10.9. The van der Waals surface area contributed by atoms with Crippen molar-refractivity contribution >= 4 is 22.7 Å². The van der Waals surface area contributed by atoms with E-state index in [2.05, 4.69) is 15.2 Å². The molecule has 5 nitrogen and oxygen atoms in total. The number of hydrogen-bond acceptors (Lipinski definition) is 5. The quantitative estimate of drug-likeness (QED) is 0.604. The predicted molar refractivity (Wildman–Crippen MR) is 88.7 cm³/mol. The SMILES string of the molecule is COc1ccc(Sc2nnc(-c3cc4ccccc4[nH]3)o2)cc1. The first-order valence-corrected chi connectivity index (χ1v) is 7.87. The van der Waals surface area contributed by atoms with Crippen molar-refractivity contribution in [2.45, 2.75) is 10.1 Å². The summed E-state index contributed by atoms with van der Waals surface area (Å²) in [7, 11) is 1.65. The second-order valence-corrected chi connectivity index (χ2v) is 5.95. The zero-order valence-corrected chi connectivity index (χ0v) is 13.1. The lowest BCUT2D eigenvalue weighted by atomic mass is 10.2. The Morgan fingerprint density at radius 1 is 1.04 bits per heavy atom. The van der Waals surface area contributed by atoms with Crippen molar-refractivity contribution in [1.29, 1.82) is 0 Å². The molecule has 6 heteroatoms. The van der Waals surface area contributed by atoms with Crippen LogP contribution in [0.2, 0.25) is 0 Å². The molecule has 0 radical (unpaired) electrons. The van der Waals surface area contributed by atoms with Gasteiger partial charge in [0.1, 0.15) is 11.4 Å². The van der Waals surface area contributed by atoms with Crippen LogP contribution >= 0.6 is 11.8 Å². The number of nitrogens with zero attached hydrogens (tertiary/aromatic N) is 2. The lowest BCUT2D eigenvalue weighted by Crippen LogP contribution is -1.81. The van der Waals surface area contributed by atoms with Crippen LogP contribution in [-0.4, -0.2) is 22.3 Å². The Kier molecular flexibility index (Phi) is 3.51. The van der Waals surface area contributed by atoms with E-state index in [0.717, 1.165) is 27.2 Å². The van der Waals surface area contributed by atoms with Gasteiger partial charge in [-0.3, -0.25) is 0 Å². The molecule has 0 saturated carbocycles. The van der Waals surface area contributed by atoms with Gasteiger partial charge in [0.2, 0.25) is 0 Å². The van der Waals surface area contributed by atoms with E-state index in [0.29, 0.717) is 11.1 Å². The van der Waals surface area contributed by atoms with Gasteiger partial charge in [-0.25, -0.2) is 0 Å². The molecule has 0 unspecified atom stereocenters. The maximum Gasteiger partial charge on any atom is 0.281 e. The molecular weight excluding hydrogens is 310 g/mol. The van der Waals surface area contributed by atoms with Crippen molar-refractivity contribution in [2.24, 2.45) is 0 Å². The number of fused-ring (bicyclic) bond motifs is 1. The summed E-state index contributed by atoms with van der Waals surface area (Å²) in [5.41, 5.74) is 1.87. The van der Waals surface area contributed by atoms with Crippen molar-refractivity contribution < 1.29 is 9.15 Å². The second-order valence-electron chi connectivity index (χ2n) is 4.92. The van der Waals surface area contributed by atoms with Crippen LogP contribution in [0.15, 0.2) is 69.1 Å². The minimum atomic E-state index is 0.484. The predicted octanol–water partition coefficient (Wildman–Crippen LogP) is 4.38. The fraction of sp³-hybridized carbons (Fsp3) is 0.0588. The highest BCUT2D eigenvalue weighted by atomic mass is 32.2. The molecule has 0 bridgehead atoms. The summed E-state index contributed by atoms with van der Waals surface area (Å²) in [6, 6.07) is 17.8. The topological polar surface area (TPSA) is 63.9 Å². The van der Waals surface area contributed by atoms with Gasteiger partial charge in [-0.05, 0) is 48.2 Å².